The number of aliphatic imine (C=N–C) groups is 1. The Morgan fingerprint density at radius 2 is 1.94 bits per heavy atom. The van der Waals surface area contributed by atoms with Crippen LogP contribution in [0.3, 0.4) is 0 Å². The van der Waals surface area contributed by atoms with Crippen molar-refractivity contribution in [2.45, 2.75) is 38.1 Å². The minimum atomic E-state index is -1.10. The van der Waals surface area contributed by atoms with Crippen molar-refractivity contribution in [2.24, 2.45) is 10.4 Å². The number of alkyl halides is 1. The van der Waals surface area contributed by atoms with Gasteiger partial charge < -0.3 is 10.0 Å². The number of carbonyl (C=O) groups is 3. The van der Waals surface area contributed by atoms with Gasteiger partial charge in [0.1, 0.15) is 5.38 Å². The van der Waals surface area contributed by atoms with Crippen molar-refractivity contribution in [2.75, 3.05) is 11.4 Å². The number of nitrogens with zero attached hydrogens (tertiary/aromatic N) is 3. The molecule has 0 spiro atoms. The van der Waals surface area contributed by atoms with Gasteiger partial charge in [-0.2, -0.15) is 0 Å². The molecule has 0 saturated heterocycles. The lowest BCUT2D eigenvalue weighted by Gasteiger charge is -2.39. The summed E-state index contributed by atoms with van der Waals surface area (Å²) in [5, 5.41) is 9.17. The molecule has 2 aromatic rings. The van der Waals surface area contributed by atoms with Gasteiger partial charge in [0.25, 0.3) is 5.91 Å². The maximum atomic E-state index is 13.1. The van der Waals surface area contributed by atoms with Crippen LogP contribution in [0.15, 0.2) is 35.6 Å². The maximum Gasteiger partial charge on any atom is 0.328 e. The van der Waals surface area contributed by atoms with Crippen molar-refractivity contribution in [3.8, 4) is 0 Å². The van der Waals surface area contributed by atoms with Crippen LogP contribution in [-0.4, -0.2) is 51.4 Å². The molecule has 1 aromatic carbocycles. The Hall–Kier alpha value is -2.48. The summed E-state index contributed by atoms with van der Waals surface area (Å²) in [6.45, 7) is 3.82. The first kappa shape index (κ1) is 23.7. The fourth-order valence-corrected chi connectivity index (χ4v) is 5.28. The van der Waals surface area contributed by atoms with Crippen LogP contribution in [0.4, 0.5) is 5.69 Å². The fraction of sp³-hybridized carbons (Fsp3) is 0.348. The molecule has 4 rings (SSSR count). The van der Waals surface area contributed by atoms with Crippen LogP contribution in [0.1, 0.15) is 35.3 Å². The summed E-state index contributed by atoms with van der Waals surface area (Å²) in [6.07, 6.45) is 3.48. The van der Waals surface area contributed by atoms with E-state index >= 15 is 0 Å². The highest BCUT2D eigenvalue weighted by Crippen LogP contribution is 2.38. The number of halogens is 3. The van der Waals surface area contributed by atoms with Gasteiger partial charge in [-0.1, -0.05) is 35.3 Å². The highest BCUT2D eigenvalue weighted by Gasteiger charge is 2.52. The highest BCUT2D eigenvalue weighted by molar-refractivity contribution is 6.53. The van der Waals surface area contributed by atoms with E-state index in [-0.39, 0.29) is 33.7 Å². The van der Waals surface area contributed by atoms with E-state index < -0.39 is 22.8 Å². The molecule has 2 unspecified atom stereocenters. The second kappa shape index (κ2) is 8.70. The molecule has 10 heteroatoms. The van der Waals surface area contributed by atoms with E-state index in [4.69, 9.17) is 34.8 Å². The number of pyridine rings is 1. The molecule has 172 valence electrons. The lowest BCUT2D eigenvalue weighted by Crippen LogP contribution is -2.57. The summed E-state index contributed by atoms with van der Waals surface area (Å²) in [5.74, 6) is -1.58. The van der Waals surface area contributed by atoms with Crippen LogP contribution in [0.25, 0.3) is 0 Å². The van der Waals surface area contributed by atoms with Gasteiger partial charge in [-0.15, -0.1) is 11.6 Å². The number of anilines is 1. The Morgan fingerprint density at radius 3 is 2.55 bits per heavy atom. The fourth-order valence-electron chi connectivity index (χ4n) is 4.16. The molecule has 1 aliphatic heterocycles. The summed E-state index contributed by atoms with van der Waals surface area (Å²) in [4.78, 5) is 46.7. The van der Waals surface area contributed by atoms with E-state index in [2.05, 4.69) is 9.98 Å². The Labute approximate surface area is 205 Å². The number of fused-ring (bicyclic) bond motifs is 1. The van der Waals surface area contributed by atoms with Crippen molar-refractivity contribution in [3.63, 3.8) is 0 Å². The van der Waals surface area contributed by atoms with Gasteiger partial charge in [0.05, 0.1) is 26.7 Å². The highest BCUT2D eigenvalue weighted by atomic mass is 35.5. The molecule has 33 heavy (non-hydrogen) atoms. The zero-order valence-corrected chi connectivity index (χ0v) is 20.1. The normalized spacial score (nSPS) is 21.0. The van der Waals surface area contributed by atoms with Crippen molar-refractivity contribution in [1.29, 1.82) is 0 Å². The van der Waals surface area contributed by atoms with E-state index in [0.29, 0.717) is 18.7 Å². The van der Waals surface area contributed by atoms with E-state index in [9.17, 15) is 19.5 Å². The zero-order chi connectivity index (χ0) is 24.1. The van der Waals surface area contributed by atoms with E-state index in [1.807, 2.05) is 6.07 Å². The predicted octanol–water partition coefficient (Wildman–Crippen LogP) is 4.24. The average Bonchev–Trinajstić information content (AvgIpc) is 3.18. The molecular weight excluding hydrogens is 489 g/mol. The lowest BCUT2D eigenvalue weighted by atomic mass is 9.68. The number of amides is 1. The summed E-state index contributed by atoms with van der Waals surface area (Å²) >= 11 is 18.4. The second-order valence-corrected chi connectivity index (χ2v) is 9.82. The maximum absolute atomic E-state index is 13.1. The van der Waals surface area contributed by atoms with Crippen molar-refractivity contribution >= 4 is 63.9 Å². The largest absolute Gasteiger partial charge is 0.480 e. The third kappa shape index (κ3) is 4.14. The molecule has 0 bridgehead atoms. The Morgan fingerprint density at radius 1 is 1.27 bits per heavy atom. The first-order chi connectivity index (χ1) is 15.5. The Balaban J connectivity index is 1.57. The van der Waals surface area contributed by atoms with Gasteiger partial charge in [-0.05, 0) is 37.5 Å². The standard InChI is InChI=1S/C23H20Cl3N3O4/c1-23(2)19(18(26)20(23)30)28-15(22(32)33)8-11-3-4-16-12(7-11)5-6-29(16)21(31)17-13(24)9-27-10-14(17)25/h3-4,7,9-10,15,18H,5-6,8H2,1-2H3,(H,32,33). The minimum Gasteiger partial charge on any atom is -0.480 e. The molecule has 1 saturated carbocycles. The zero-order valence-electron chi connectivity index (χ0n) is 17.8. The van der Waals surface area contributed by atoms with Gasteiger partial charge in [-0.3, -0.25) is 19.6 Å². The molecule has 0 radical (unpaired) electrons. The van der Waals surface area contributed by atoms with Crippen LogP contribution >= 0.6 is 34.8 Å². The third-order valence-electron chi connectivity index (χ3n) is 6.09. The van der Waals surface area contributed by atoms with Gasteiger partial charge in [-0.25, -0.2) is 4.79 Å². The molecule has 2 atom stereocenters. The number of ketones is 1. The molecule has 2 heterocycles. The number of aliphatic carboxylic acids is 1. The Kier molecular flexibility index (Phi) is 6.24. The first-order valence-corrected chi connectivity index (χ1v) is 11.4. The second-order valence-electron chi connectivity index (χ2n) is 8.57. The quantitative estimate of drug-likeness (QED) is 0.609. The van der Waals surface area contributed by atoms with Crippen LogP contribution in [-0.2, 0) is 22.4 Å². The smallest absolute Gasteiger partial charge is 0.328 e. The molecule has 1 aliphatic carbocycles. The summed E-state index contributed by atoms with van der Waals surface area (Å²) in [5.41, 5.74) is 2.13. The average molecular weight is 509 g/mol. The molecule has 2 aliphatic rings. The van der Waals surface area contributed by atoms with Gasteiger partial charge in [0.15, 0.2) is 11.8 Å². The number of aromatic nitrogens is 1. The number of carboxylic acids is 1. The monoisotopic (exact) mass is 507 g/mol. The number of carbonyl (C=O) groups excluding carboxylic acids is 2. The number of carboxylic acid groups (broad SMARTS) is 1. The molecule has 7 nitrogen and oxygen atoms in total. The van der Waals surface area contributed by atoms with Gasteiger partial charge in [0, 0.05) is 31.0 Å². The molecule has 1 aromatic heterocycles. The Bertz CT molecular complexity index is 1190. The van der Waals surface area contributed by atoms with E-state index in [1.165, 1.54) is 12.4 Å². The van der Waals surface area contributed by atoms with Crippen LogP contribution < -0.4 is 4.90 Å². The van der Waals surface area contributed by atoms with Crippen LogP contribution in [0.2, 0.25) is 10.0 Å². The SMILES string of the molecule is CC1(C)C(=O)C(Cl)C1=NC(Cc1ccc2c(c1)CCN2C(=O)c1c(Cl)cncc1Cl)C(=O)O. The first-order valence-electron chi connectivity index (χ1n) is 10.2. The van der Waals surface area contributed by atoms with Crippen molar-refractivity contribution in [1.82, 2.24) is 4.98 Å². The number of hydrogen-bond donors (Lipinski definition) is 1. The molecule has 1 amide bonds. The van der Waals surface area contributed by atoms with Crippen LogP contribution in [0.5, 0.6) is 0 Å². The van der Waals surface area contributed by atoms with E-state index in [1.54, 1.807) is 30.9 Å². The van der Waals surface area contributed by atoms with Gasteiger partial charge >= 0.3 is 5.97 Å². The predicted molar refractivity (Wildman–Crippen MR) is 127 cm³/mol. The molecular formula is C23H20Cl3N3O4. The number of Topliss-reactive ketones (excluding diaryl/α,β-unsaturated/α-hetero) is 1. The number of hydrogen-bond acceptors (Lipinski definition) is 5. The number of benzene rings is 1. The van der Waals surface area contributed by atoms with E-state index in [0.717, 1.165) is 16.8 Å². The summed E-state index contributed by atoms with van der Waals surface area (Å²) in [6, 6.07) is 4.36. The minimum absolute atomic E-state index is 0.135. The summed E-state index contributed by atoms with van der Waals surface area (Å²) in [7, 11) is 0. The van der Waals surface area contributed by atoms with Crippen molar-refractivity contribution in [3.05, 3.63) is 57.3 Å². The third-order valence-corrected chi connectivity index (χ3v) is 7.07. The molecule has 1 N–H and O–H groups in total. The van der Waals surface area contributed by atoms with Gasteiger partial charge in [0.2, 0.25) is 0 Å². The molecule has 1 fully saturated rings. The number of rotatable bonds is 5. The van der Waals surface area contributed by atoms with Crippen molar-refractivity contribution < 1.29 is 19.5 Å². The topological polar surface area (TPSA) is 99.9 Å². The van der Waals surface area contributed by atoms with Crippen LogP contribution in [0, 0.1) is 5.41 Å². The lowest BCUT2D eigenvalue weighted by molar-refractivity contribution is -0.138. The summed E-state index contributed by atoms with van der Waals surface area (Å²) < 4.78 is 0.